The maximum absolute atomic E-state index is 13.2. The van der Waals surface area contributed by atoms with E-state index < -0.39 is 36.1 Å². The molecular formula is C25H41BN4O5S. The van der Waals surface area contributed by atoms with Crippen molar-refractivity contribution >= 4 is 36.3 Å². The first kappa shape index (κ1) is 28.7. The first-order chi connectivity index (χ1) is 16.6. The highest BCUT2D eigenvalue weighted by Gasteiger charge is 2.52. The van der Waals surface area contributed by atoms with Gasteiger partial charge in [0.2, 0.25) is 5.91 Å². The van der Waals surface area contributed by atoms with E-state index in [9.17, 15) is 9.59 Å². The fraction of sp³-hybridized carbons (Fsp3) is 0.760. The molecule has 2 amide bonds. The Kier molecular flexibility index (Phi) is 8.67. The Bertz CT molecular complexity index is 919. The Balaban J connectivity index is 1.50. The van der Waals surface area contributed by atoms with Crippen molar-refractivity contribution < 1.29 is 23.6 Å². The molecule has 0 spiro atoms. The second-order valence-electron chi connectivity index (χ2n) is 12.0. The van der Waals surface area contributed by atoms with Crippen LogP contribution in [0.15, 0.2) is 17.6 Å². The topological polar surface area (TPSA) is 103 Å². The molecule has 1 N–H and O–H groups in total. The number of hydrogen-bond donors (Lipinski definition) is 1. The van der Waals surface area contributed by atoms with Crippen LogP contribution in [-0.2, 0) is 18.8 Å². The van der Waals surface area contributed by atoms with Gasteiger partial charge < -0.3 is 24.3 Å². The molecule has 3 heterocycles. The lowest BCUT2D eigenvalue weighted by molar-refractivity contribution is -0.133. The van der Waals surface area contributed by atoms with Crippen LogP contribution in [0.4, 0.5) is 4.79 Å². The Labute approximate surface area is 220 Å². The zero-order valence-electron chi connectivity index (χ0n) is 23.1. The third-order valence-corrected chi connectivity index (χ3v) is 7.93. The summed E-state index contributed by atoms with van der Waals surface area (Å²) in [4.78, 5) is 36.3. The van der Waals surface area contributed by atoms with E-state index in [-0.39, 0.29) is 11.8 Å². The number of hydrogen-bond acceptors (Lipinski definition) is 8. The van der Waals surface area contributed by atoms with Gasteiger partial charge >= 0.3 is 13.2 Å². The highest BCUT2D eigenvalue weighted by atomic mass is 32.2. The van der Waals surface area contributed by atoms with Gasteiger partial charge in [0.05, 0.1) is 11.2 Å². The molecular weight excluding hydrogens is 479 g/mol. The quantitative estimate of drug-likeness (QED) is 0.332. The molecule has 2 fully saturated rings. The van der Waals surface area contributed by atoms with Crippen molar-refractivity contribution in [1.82, 2.24) is 20.2 Å². The average Bonchev–Trinajstić information content (AvgIpc) is 3.30. The van der Waals surface area contributed by atoms with E-state index in [1.165, 1.54) is 0 Å². The molecule has 1 aromatic heterocycles. The van der Waals surface area contributed by atoms with E-state index in [0.29, 0.717) is 24.2 Å². The molecule has 2 aliphatic rings. The van der Waals surface area contributed by atoms with E-state index >= 15 is 0 Å². The van der Waals surface area contributed by atoms with Gasteiger partial charge in [0.25, 0.3) is 0 Å². The van der Waals surface area contributed by atoms with Crippen LogP contribution >= 0.6 is 11.8 Å². The van der Waals surface area contributed by atoms with Gasteiger partial charge in [-0.05, 0) is 66.7 Å². The van der Waals surface area contributed by atoms with Crippen LogP contribution < -0.4 is 10.8 Å². The lowest BCUT2D eigenvalue weighted by Gasteiger charge is -2.32. The number of ether oxygens (including phenoxy) is 1. The van der Waals surface area contributed by atoms with Gasteiger partial charge in [0.1, 0.15) is 11.6 Å². The Morgan fingerprint density at radius 1 is 1.19 bits per heavy atom. The molecule has 1 aromatic rings. The van der Waals surface area contributed by atoms with Crippen molar-refractivity contribution in [2.75, 3.05) is 18.8 Å². The van der Waals surface area contributed by atoms with E-state index in [0.717, 1.165) is 17.6 Å². The van der Waals surface area contributed by atoms with Crippen molar-refractivity contribution in [3.05, 3.63) is 12.4 Å². The Morgan fingerprint density at radius 2 is 1.78 bits per heavy atom. The zero-order valence-corrected chi connectivity index (χ0v) is 23.9. The lowest BCUT2D eigenvalue weighted by atomic mass is 9.81. The predicted octanol–water partition coefficient (Wildman–Crippen LogP) is 3.27. The van der Waals surface area contributed by atoms with Crippen LogP contribution in [0, 0.1) is 11.8 Å². The van der Waals surface area contributed by atoms with Crippen molar-refractivity contribution in [1.29, 1.82) is 0 Å². The maximum atomic E-state index is 13.2. The normalized spacial score (nSPS) is 22.1. The summed E-state index contributed by atoms with van der Waals surface area (Å²) in [7, 11) is -0.480. The van der Waals surface area contributed by atoms with Gasteiger partial charge in [-0.2, -0.15) is 0 Å². The van der Waals surface area contributed by atoms with Crippen LogP contribution in [0.2, 0.25) is 0 Å². The zero-order chi connectivity index (χ0) is 26.9. The van der Waals surface area contributed by atoms with Gasteiger partial charge in [-0.1, -0.05) is 25.6 Å². The molecule has 0 bridgehead atoms. The number of nitrogens with zero attached hydrogens (tertiary/aromatic N) is 3. The van der Waals surface area contributed by atoms with Crippen molar-refractivity contribution in [2.24, 2.45) is 11.8 Å². The molecule has 2 aliphatic heterocycles. The minimum absolute atomic E-state index is 0.0469. The SMILES string of the molecule is CC(C)[C@@H](NC(=O)OC(C)(C)C)C(=O)N1CC[C@H](CSc2ncc(B3OC(C)(C)C(C)(C)O3)cn2)C1. The number of carbonyl (C=O) groups excluding carboxylic acids is 2. The summed E-state index contributed by atoms with van der Waals surface area (Å²) in [6.07, 6.45) is 3.86. The number of carbonyl (C=O) groups is 2. The number of nitrogens with one attached hydrogen (secondary N) is 1. The molecule has 0 unspecified atom stereocenters. The minimum atomic E-state index is -0.616. The van der Waals surface area contributed by atoms with Crippen molar-refractivity contribution in [2.45, 2.75) is 96.7 Å². The van der Waals surface area contributed by atoms with Gasteiger partial charge in [-0.15, -0.1) is 0 Å². The van der Waals surface area contributed by atoms with Crippen LogP contribution in [0.1, 0.15) is 68.7 Å². The maximum Gasteiger partial charge on any atom is 0.498 e. The fourth-order valence-electron chi connectivity index (χ4n) is 4.01. The average molecular weight is 521 g/mol. The summed E-state index contributed by atoms with van der Waals surface area (Å²) >= 11 is 1.58. The molecule has 2 saturated heterocycles. The molecule has 36 heavy (non-hydrogen) atoms. The summed E-state index contributed by atoms with van der Waals surface area (Å²) in [6.45, 7) is 18.7. The number of alkyl carbamates (subject to hydrolysis) is 1. The standard InChI is InChI=1S/C25H41BN4O5S/c1-16(2)19(29-22(32)33-23(3,4)5)20(31)30-11-10-17(14-30)15-36-21-27-12-18(13-28-21)26-34-24(6,7)25(8,9)35-26/h12-13,16-17,19H,10-11,14-15H2,1-9H3,(H,29,32)/t17-,19+/m0/s1. The number of thioether (sulfide) groups is 1. The molecule has 0 aromatic carbocycles. The number of aromatic nitrogens is 2. The van der Waals surface area contributed by atoms with Crippen LogP contribution in [-0.4, -0.2) is 75.7 Å². The molecule has 200 valence electrons. The van der Waals surface area contributed by atoms with Gasteiger partial charge in [-0.3, -0.25) is 4.79 Å². The third kappa shape index (κ3) is 7.13. The summed E-state index contributed by atoms with van der Waals surface area (Å²) in [5, 5.41) is 3.45. The highest BCUT2D eigenvalue weighted by molar-refractivity contribution is 7.99. The first-order valence-electron chi connectivity index (χ1n) is 12.7. The van der Waals surface area contributed by atoms with Crippen LogP contribution in [0.5, 0.6) is 0 Å². The lowest BCUT2D eigenvalue weighted by Crippen LogP contribution is -2.51. The molecule has 3 rings (SSSR count). The van der Waals surface area contributed by atoms with E-state index in [2.05, 4.69) is 15.3 Å². The highest BCUT2D eigenvalue weighted by Crippen LogP contribution is 2.36. The van der Waals surface area contributed by atoms with Crippen molar-refractivity contribution in [3.8, 4) is 0 Å². The Morgan fingerprint density at radius 3 is 2.31 bits per heavy atom. The second kappa shape index (κ2) is 10.9. The molecule has 0 saturated carbocycles. The second-order valence-corrected chi connectivity index (χ2v) is 13.0. The van der Waals surface area contributed by atoms with Gasteiger partial charge in [-0.25, -0.2) is 14.8 Å². The van der Waals surface area contributed by atoms with Crippen molar-refractivity contribution in [3.63, 3.8) is 0 Å². The number of likely N-dealkylation sites (tertiary alicyclic amines) is 1. The van der Waals surface area contributed by atoms with Gasteiger partial charge in [0.15, 0.2) is 5.16 Å². The molecule has 11 heteroatoms. The van der Waals surface area contributed by atoms with Gasteiger partial charge in [0, 0.05) is 36.7 Å². The fourth-order valence-corrected chi connectivity index (χ4v) is 4.92. The molecule has 0 radical (unpaired) electrons. The van der Waals surface area contributed by atoms with E-state index in [1.807, 2.05) is 46.4 Å². The number of amides is 2. The number of rotatable bonds is 7. The molecule has 0 aliphatic carbocycles. The smallest absolute Gasteiger partial charge is 0.444 e. The van der Waals surface area contributed by atoms with Crippen LogP contribution in [0.25, 0.3) is 0 Å². The first-order valence-corrected chi connectivity index (χ1v) is 13.7. The summed E-state index contributed by atoms with van der Waals surface area (Å²) < 4.78 is 17.5. The molecule has 2 atom stereocenters. The van der Waals surface area contributed by atoms with E-state index in [4.69, 9.17) is 14.0 Å². The summed E-state index contributed by atoms with van der Waals surface area (Å²) in [5.41, 5.74) is -0.635. The van der Waals surface area contributed by atoms with E-state index in [1.54, 1.807) is 44.9 Å². The monoisotopic (exact) mass is 520 g/mol. The van der Waals surface area contributed by atoms with Crippen LogP contribution in [0.3, 0.4) is 0 Å². The third-order valence-electron chi connectivity index (χ3n) is 6.82. The summed E-state index contributed by atoms with van der Waals surface area (Å²) in [5.74, 6) is 1.03. The summed E-state index contributed by atoms with van der Waals surface area (Å²) in [6, 6.07) is -0.614. The Hall–Kier alpha value is -1.85. The molecule has 9 nitrogen and oxygen atoms in total. The largest absolute Gasteiger partial charge is 0.498 e. The predicted molar refractivity (Wildman–Crippen MR) is 141 cm³/mol. The minimum Gasteiger partial charge on any atom is -0.444 e.